The van der Waals surface area contributed by atoms with E-state index >= 15 is 0 Å². The summed E-state index contributed by atoms with van der Waals surface area (Å²) in [5, 5.41) is 1.98. The number of ether oxygens (including phenoxy) is 1. The van der Waals surface area contributed by atoms with Crippen LogP contribution in [-0.2, 0) is 10.0 Å². The first-order valence-electron chi connectivity index (χ1n) is 6.80. The molecule has 0 amide bonds. The number of nitrogens with one attached hydrogen (secondary N) is 1. The van der Waals surface area contributed by atoms with Crippen molar-refractivity contribution in [2.45, 2.75) is 23.8 Å². The lowest BCUT2D eigenvalue weighted by atomic mass is 10.2. The van der Waals surface area contributed by atoms with Crippen LogP contribution in [0.2, 0.25) is 0 Å². The van der Waals surface area contributed by atoms with Crippen molar-refractivity contribution in [3.8, 4) is 5.75 Å². The zero-order chi connectivity index (χ0) is 14.9. The van der Waals surface area contributed by atoms with Crippen LogP contribution in [0.1, 0.15) is 23.8 Å². The molecule has 0 aliphatic heterocycles. The van der Waals surface area contributed by atoms with Crippen molar-refractivity contribution in [2.75, 3.05) is 7.11 Å². The maximum Gasteiger partial charge on any atom is 0.241 e. The summed E-state index contributed by atoms with van der Waals surface area (Å²) in [6.07, 6.45) is 2.15. The average molecular weight is 323 g/mol. The van der Waals surface area contributed by atoms with E-state index in [1.165, 1.54) is 0 Å². The predicted molar refractivity (Wildman–Crippen MR) is 83.1 cm³/mol. The molecule has 1 aromatic carbocycles. The van der Waals surface area contributed by atoms with Crippen LogP contribution in [0.15, 0.2) is 46.7 Å². The van der Waals surface area contributed by atoms with E-state index in [-0.39, 0.29) is 10.9 Å². The largest absolute Gasteiger partial charge is 0.497 e. The lowest BCUT2D eigenvalue weighted by molar-refractivity contribution is 0.414. The third-order valence-electron chi connectivity index (χ3n) is 3.59. The lowest BCUT2D eigenvalue weighted by Gasteiger charge is -2.17. The Bertz CT molecular complexity index is 689. The molecule has 0 radical (unpaired) electrons. The van der Waals surface area contributed by atoms with E-state index in [2.05, 4.69) is 4.72 Å². The molecule has 1 N–H and O–H groups in total. The fourth-order valence-electron chi connectivity index (χ4n) is 2.27. The molecular formula is C15H17NO3S2. The van der Waals surface area contributed by atoms with Gasteiger partial charge in [0.1, 0.15) is 5.75 Å². The van der Waals surface area contributed by atoms with E-state index in [1.54, 1.807) is 42.7 Å². The maximum absolute atomic E-state index is 12.5. The molecule has 4 nitrogen and oxygen atoms in total. The van der Waals surface area contributed by atoms with E-state index in [0.717, 1.165) is 17.7 Å². The van der Waals surface area contributed by atoms with Gasteiger partial charge in [-0.1, -0.05) is 6.07 Å². The Kier molecular flexibility index (Phi) is 4.01. The molecule has 1 aromatic heterocycles. The third kappa shape index (κ3) is 3.28. The second kappa shape index (κ2) is 5.79. The monoisotopic (exact) mass is 323 g/mol. The number of hydrogen-bond donors (Lipinski definition) is 1. The number of hydrogen-bond acceptors (Lipinski definition) is 4. The lowest BCUT2D eigenvalue weighted by Crippen LogP contribution is -2.29. The Hall–Kier alpha value is -1.37. The Balaban J connectivity index is 1.83. The van der Waals surface area contributed by atoms with Gasteiger partial charge in [0.15, 0.2) is 0 Å². The molecule has 0 spiro atoms. The highest BCUT2D eigenvalue weighted by Crippen LogP contribution is 2.43. The number of benzene rings is 1. The SMILES string of the molecule is COc1ccc(S(=O)(=O)N[C@@H](c2cccs2)C2CC2)cc1. The molecule has 1 aliphatic rings. The van der Waals surface area contributed by atoms with E-state index in [4.69, 9.17) is 4.74 Å². The first-order valence-corrected chi connectivity index (χ1v) is 9.16. The van der Waals surface area contributed by atoms with Gasteiger partial charge in [-0.05, 0) is 54.5 Å². The van der Waals surface area contributed by atoms with Gasteiger partial charge in [-0.15, -0.1) is 11.3 Å². The van der Waals surface area contributed by atoms with Crippen LogP contribution in [0.25, 0.3) is 0 Å². The number of rotatable bonds is 6. The summed E-state index contributed by atoms with van der Waals surface area (Å²) in [6.45, 7) is 0. The van der Waals surface area contributed by atoms with Gasteiger partial charge in [-0.2, -0.15) is 0 Å². The van der Waals surface area contributed by atoms with Crippen LogP contribution in [0.3, 0.4) is 0 Å². The van der Waals surface area contributed by atoms with Gasteiger partial charge in [0.2, 0.25) is 10.0 Å². The van der Waals surface area contributed by atoms with Crippen molar-refractivity contribution in [1.82, 2.24) is 4.72 Å². The topological polar surface area (TPSA) is 55.4 Å². The normalized spacial score (nSPS) is 16.6. The first-order chi connectivity index (χ1) is 10.1. The fraction of sp³-hybridized carbons (Fsp3) is 0.333. The Morgan fingerprint density at radius 2 is 1.95 bits per heavy atom. The Morgan fingerprint density at radius 1 is 1.24 bits per heavy atom. The molecule has 1 atom stereocenters. The summed E-state index contributed by atoms with van der Waals surface area (Å²) in [5.41, 5.74) is 0. The molecule has 6 heteroatoms. The molecule has 21 heavy (non-hydrogen) atoms. The third-order valence-corrected chi connectivity index (χ3v) is 6.01. The van der Waals surface area contributed by atoms with Crippen LogP contribution in [0.5, 0.6) is 5.75 Å². The average Bonchev–Trinajstić information content (AvgIpc) is 3.19. The number of thiophene rings is 1. The van der Waals surface area contributed by atoms with Crippen molar-refractivity contribution in [3.05, 3.63) is 46.7 Å². The molecule has 1 aliphatic carbocycles. The second-order valence-electron chi connectivity index (χ2n) is 5.13. The highest BCUT2D eigenvalue weighted by Gasteiger charge is 2.35. The number of sulfonamides is 1. The van der Waals surface area contributed by atoms with Gasteiger partial charge >= 0.3 is 0 Å². The minimum absolute atomic E-state index is 0.114. The van der Waals surface area contributed by atoms with Crippen molar-refractivity contribution < 1.29 is 13.2 Å². The smallest absolute Gasteiger partial charge is 0.241 e. The summed E-state index contributed by atoms with van der Waals surface area (Å²) in [6, 6.07) is 10.3. The van der Waals surface area contributed by atoms with Gasteiger partial charge < -0.3 is 4.74 Å². The van der Waals surface area contributed by atoms with Crippen molar-refractivity contribution in [1.29, 1.82) is 0 Å². The van der Waals surface area contributed by atoms with Crippen LogP contribution in [0.4, 0.5) is 0 Å². The second-order valence-corrected chi connectivity index (χ2v) is 7.82. The summed E-state index contributed by atoms with van der Waals surface area (Å²) in [4.78, 5) is 1.35. The molecular weight excluding hydrogens is 306 g/mol. The maximum atomic E-state index is 12.5. The van der Waals surface area contributed by atoms with E-state index in [1.807, 2.05) is 17.5 Å². The van der Waals surface area contributed by atoms with Crippen LogP contribution >= 0.6 is 11.3 Å². The zero-order valence-electron chi connectivity index (χ0n) is 11.7. The molecule has 1 fully saturated rings. The minimum atomic E-state index is -3.51. The predicted octanol–water partition coefficient (Wildman–Crippen LogP) is 3.19. The van der Waals surface area contributed by atoms with Gasteiger partial charge in [0.25, 0.3) is 0 Å². The molecule has 1 heterocycles. The summed E-state index contributed by atoms with van der Waals surface area (Å²) >= 11 is 1.59. The van der Waals surface area contributed by atoms with Gasteiger partial charge in [0, 0.05) is 4.88 Å². The Morgan fingerprint density at radius 3 is 2.48 bits per heavy atom. The summed E-state index contributed by atoms with van der Waals surface area (Å²) < 4.78 is 33.0. The Labute approximate surface area is 128 Å². The van der Waals surface area contributed by atoms with Gasteiger partial charge in [-0.3, -0.25) is 0 Å². The molecule has 0 unspecified atom stereocenters. The molecule has 1 saturated carbocycles. The molecule has 3 rings (SSSR count). The van der Waals surface area contributed by atoms with E-state index < -0.39 is 10.0 Å². The summed E-state index contributed by atoms with van der Waals surface area (Å²) in [7, 11) is -1.96. The van der Waals surface area contributed by atoms with Crippen molar-refractivity contribution in [2.24, 2.45) is 5.92 Å². The minimum Gasteiger partial charge on any atom is -0.497 e. The quantitative estimate of drug-likeness (QED) is 0.888. The van der Waals surface area contributed by atoms with E-state index in [0.29, 0.717) is 11.7 Å². The highest BCUT2D eigenvalue weighted by atomic mass is 32.2. The molecule has 112 valence electrons. The van der Waals surface area contributed by atoms with Gasteiger partial charge in [0.05, 0.1) is 18.0 Å². The zero-order valence-corrected chi connectivity index (χ0v) is 13.3. The summed E-state index contributed by atoms with van der Waals surface area (Å²) in [5.74, 6) is 1.06. The molecule has 0 bridgehead atoms. The molecule has 0 saturated heterocycles. The van der Waals surface area contributed by atoms with Crippen LogP contribution < -0.4 is 9.46 Å². The van der Waals surface area contributed by atoms with E-state index in [9.17, 15) is 8.42 Å². The van der Waals surface area contributed by atoms with Crippen molar-refractivity contribution >= 4 is 21.4 Å². The van der Waals surface area contributed by atoms with Gasteiger partial charge in [-0.25, -0.2) is 13.1 Å². The van der Waals surface area contributed by atoms with Crippen LogP contribution in [0, 0.1) is 5.92 Å². The highest BCUT2D eigenvalue weighted by molar-refractivity contribution is 7.89. The fourth-order valence-corrected chi connectivity index (χ4v) is 4.50. The first kappa shape index (κ1) is 14.6. The standard InChI is InChI=1S/C15H17NO3S2/c1-19-12-6-8-13(9-7-12)21(17,18)16-15(11-4-5-11)14-3-2-10-20-14/h2-3,6-11,15-16H,4-5H2,1H3/t15-/m1/s1. The van der Waals surface area contributed by atoms with Crippen molar-refractivity contribution in [3.63, 3.8) is 0 Å². The molecule has 2 aromatic rings. The number of methoxy groups -OCH3 is 1. The van der Waals surface area contributed by atoms with Crippen LogP contribution in [-0.4, -0.2) is 15.5 Å².